The summed E-state index contributed by atoms with van der Waals surface area (Å²) in [6, 6.07) is 7.26. The van der Waals surface area contributed by atoms with Gasteiger partial charge in [-0.15, -0.1) is 0 Å². The number of nitriles is 1. The zero-order valence-electron chi connectivity index (χ0n) is 12.4. The number of carbonyl (C=O) groups is 1. The molecule has 3 aromatic rings. The summed E-state index contributed by atoms with van der Waals surface area (Å²) < 4.78 is 41.2. The molecule has 0 saturated heterocycles. The number of carbonyl (C=O) groups excluding carboxylic acids is 1. The van der Waals surface area contributed by atoms with Gasteiger partial charge in [0.05, 0.1) is 11.6 Å². The lowest BCUT2D eigenvalue weighted by atomic mass is 10.1. The van der Waals surface area contributed by atoms with Crippen molar-refractivity contribution < 1.29 is 18.0 Å². The van der Waals surface area contributed by atoms with Crippen molar-refractivity contribution in [1.82, 2.24) is 10.3 Å². The largest absolute Gasteiger partial charge is 0.350 e. The van der Waals surface area contributed by atoms with E-state index in [2.05, 4.69) is 26.2 Å². The lowest BCUT2D eigenvalue weighted by Gasteiger charge is -2.12. The van der Waals surface area contributed by atoms with Crippen LogP contribution in [-0.4, -0.2) is 10.9 Å². The average molecular weight is 408 g/mol. The van der Waals surface area contributed by atoms with E-state index in [4.69, 9.17) is 0 Å². The molecule has 0 fully saturated rings. The van der Waals surface area contributed by atoms with Crippen LogP contribution in [0.5, 0.6) is 0 Å². The fourth-order valence-corrected chi connectivity index (χ4v) is 2.84. The monoisotopic (exact) mass is 407 g/mol. The summed E-state index contributed by atoms with van der Waals surface area (Å²) in [5.74, 6) is -2.98. The summed E-state index contributed by atoms with van der Waals surface area (Å²) in [7, 11) is 0. The van der Waals surface area contributed by atoms with E-state index in [-0.39, 0.29) is 16.6 Å². The molecule has 1 unspecified atom stereocenters. The Balaban J connectivity index is 1.90. The average Bonchev–Trinajstić information content (AvgIpc) is 2.97. The van der Waals surface area contributed by atoms with E-state index in [1.165, 1.54) is 12.1 Å². The minimum atomic E-state index is -1.32. The third kappa shape index (κ3) is 3.37. The Morgan fingerprint density at radius 2 is 1.92 bits per heavy atom. The van der Waals surface area contributed by atoms with Gasteiger partial charge in [-0.25, -0.2) is 13.2 Å². The first kappa shape index (κ1) is 17.0. The predicted molar refractivity (Wildman–Crippen MR) is 88.1 cm³/mol. The molecule has 1 amide bonds. The van der Waals surface area contributed by atoms with Gasteiger partial charge in [0.1, 0.15) is 29.2 Å². The van der Waals surface area contributed by atoms with Gasteiger partial charge in [0.25, 0.3) is 5.91 Å². The number of hydrogen-bond acceptors (Lipinski definition) is 2. The molecule has 1 aromatic heterocycles. The maximum absolute atomic E-state index is 13.9. The number of H-pyrrole nitrogens is 1. The van der Waals surface area contributed by atoms with Crippen molar-refractivity contribution in [3.05, 3.63) is 69.6 Å². The number of halogens is 4. The summed E-state index contributed by atoms with van der Waals surface area (Å²) in [5, 5.41) is 11.7. The number of aromatic amines is 1. The maximum Gasteiger partial charge on any atom is 0.269 e. The highest BCUT2D eigenvalue weighted by molar-refractivity contribution is 9.10. The van der Waals surface area contributed by atoms with Gasteiger partial charge in [0, 0.05) is 21.5 Å². The van der Waals surface area contributed by atoms with Crippen molar-refractivity contribution in [2.75, 3.05) is 0 Å². The van der Waals surface area contributed by atoms with E-state index >= 15 is 0 Å². The third-order valence-electron chi connectivity index (χ3n) is 3.57. The minimum absolute atomic E-state index is 0.00905. The Bertz CT molecular complexity index is 1030. The quantitative estimate of drug-likeness (QED) is 0.677. The SMILES string of the molecule is N#CC(NC(=O)c1cc2c(F)cc(Br)cc2[nH]1)c1ccc(F)cc1F. The molecule has 0 spiro atoms. The van der Waals surface area contributed by atoms with E-state index in [1.807, 2.05) is 0 Å². The van der Waals surface area contributed by atoms with Crippen LogP contribution < -0.4 is 5.32 Å². The Morgan fingerprint density at radius 1 is 1.16 bits per heavy atom. The molecule has 0 radical (unpaired) electrons. The number of rotatable bonds is 3. The van der Waals surface area contributed by atoms with Crippen LogP contribution in [0.3, 0.4) is 0 Å². The third-order valence-corrected chi connectivity index (χ3v) is 4.03. The maximum atomic E-state index is 13.9. The van der Waals surface area contributed by atoms with Gasteiger partial charge in [0.2, 0.25) is 0 Å². The van der Waals surface area contributed by atoms with E-state index in [0.717, 1.165) is 12.1 Å². The van der Waals surface area contributed by atoms with Crippen molar-refractivity contribution >= 4 is 32.7 Å². The fourth-order valence-electron chi connectivity index (χ4n) is 2.41. The molecule has 0 aliphatic carbocycles. The highest BCUT2D eigenvalue weighted by atomic mass is 79.9. The van der Waals surface area contributed by atoms with Crippen LogP contribution in [0.4, 0.5) is 13.2 Å². The van der Waals surface area contributed by atoms with Crippen LogP contribution in [0, 0.1) is 28.8 Å². The van der Waals surface area contributed by atoms with E-state index in [0.29, 0.717) is 16.1 Å². The number of benzene rings is 2. The number of nitrogens with zero attached hydrogens (tertiary/aromatic N) is 1. The Labute approximate surface area is 148 Å². The summed E-state index contributed by atoms with van der Waals surface area (Å²) in [6.07, 6.45) is 0. The second-order valence-corrected chi connectivity index (χ2v) is 6.15. The molecule has 25 heavy (non-hydrogen) atoms. The minimum Gasteiger partial charge on any atom is -0.350 e. The first-order valence-electron chi connectivity index (χ1n) is 7.02. The van der Waals surface area contributed by atoms with Crippen molar-refractivity contribution in [1.29, 1.82) is 5.26 Å². The van der Waals surface area contributed by atoms with Crippen molar-refractivity contribution in [3.63, 3.8) is 0 Å². The zero-order valence-corrected chi connectivity index (χ0v) is 14.0. The lowest BCUT2D eigenvalue weighted by Crippen LogP contribution is -2.28. The topological polar surface area (TPSA) is 68.7 Å². The second kappa shape index (κ2) is 6.61. The molecule has 0 bridgehead atoms. The van der Waals surface area contributed by atoms with E-state index in [9.17, 15) is 23.2 Å². The van der Waals surface area contributed by atoms with Gasteiger partial charge in [-0.05, 0) is 24.3 Å². The van der Waals surface area contributed by atoms with Gasteiger partial charge in [-0.1, -0.05) is 22.0 Å². The van der Waals surface area contributed by atoms with Gasteiger partial charge in [0.15, 0.2) is 0 Å². The number of nitrogens with one attached hydrogen (secondary N) is 2. The molecule has 4 nitrogen and oxygen atoms in total. The summed E-state index contributed by atoms with van der Waals surface area (Å²) in [4.78, 5) is 15.0. The molecule has 0 aliphatic rings. The van der Waals surface area contributed by atoms with Crippen LogP contribution in [0.1, 0.15) is 22.1 Å². The van der Waals surface area contributed by atoms with Gasteiger partial charge in [-0.2, -0.15) is 5.26 Å². The Hall–Kier alpha value is -2.79. The zero-order chi connectivity index (χ0) is 18.1. The Morgan fingerprint density at radius 3 is 2.60 bits per heavy atom. The molecule has 0 aliphatic heterocycles. The van der Waals surface area contributed by atoms with Gasteiger partial charge < -0.3 is 10.3 Å². The smallest absolute Gasteiger partial charge is 0.269 e. The number of aromatic nitrogens is 1. The lowest BCUT2D eigenvalue weighted by molar-refractivity contribution is 0.0940. The molecule has 1 atom stereocenters. The van der Waals surface area contributed by atoms with Crippen molar-refractivity contribution in [2.24, 2.45) is 0 Å². The molecule has 2 N–H and O–H groups in total. The molecule has 126 valence electrons. The van der Waals surface area contributed by atoms with E-state index in [1.54, 1.807) is 12.1 Å². The summed E-state index contributed by atoms with van der Waals surface area (Å²) in [5.41, 5.74) is 0.232. The highest BCUT2D eigenvalue weighted by Gasteiger charge is 2.20. The predicted octanol–water partition coefficient (Wildman–Crippen LogP) is 4.34. The molecular weight excluding hydrogens is 399 g/mol. The van der Waals surface area contributed by atoms with E-state index < -0.39 is 29.4 Å². The molecule has 1 heterocycles. The highest BCUT2D eigenvalue weighted by Crippen LogP contribution is 2.24. The first-order chi connectivity index (χ1) is 11.9. The van der Waals surface area contributed by atoms with Crippen LogP contribution in [0.25, 0.3) is 10.9 Å². The summed E-state index contributed by atoms with van der Waals surface area (Å²) >= 11 is 3.15. The summed E-state index contributed by atoms with van der Waals surface area (Å²) in [6.45, 7) is 0. The van der Waals surface area contributed by atoms with Gasteiger partial charge in [-0.3, -0.25) is 4.79 Å². The van der Waals surface area contributed by atoms with Crippen molar-refractivity contribution in [2.45, 2.75) is 6.04 Å². The Kier molecular flexibility index (Phi) is 4.51. The molecule has 2 aromatic carbocycles. The fraction of sp³-hybridized carbons (Fsp3) is 0.0588. The van der Waals surface area contributed by atoms with Gasteiger partial charge >= 0.3 is 0 Å². The molecule has 3 rings (SSSR count). The van der Waals surface area contributed by atoms with Crippen LogP contribution in [0.2, 0.25) is 0 Å². The normalized spacial score (nSPS) is 12.0. The van der Waals surface area contributed by atoms with Crippen LogP contribution in [-0.2, 0) is 0 Å². The number of hydrogen-bond donors (Lipinski definition) is 2. The standard InChI is InChI=1S/C17H9BrF3N3O/c18-8-3-12(20)11-6-15(23-14(11)4-8)17(25)24-16(7-22)10-2-1-9(19)5-13(10)21/h1-6,16,23H,(H,24,25). The van der Waals surface area contributed by atoms with Crippen molar-refractivity contribution in [3.8, 4) is 6.07 Å². The second-order valence-electron chi connectivity index (χ2n) is 5.23. The van der Waals surface area contributed by atoms with Crippen LogP contribution >= 0.6 is 15.9 Å². The molecular formula is C17H9BrF3N3O. The number of amides is 1. The molecule has 0 saturated carbocycles. The molecule has 8 heteroatoms. The van der Waals surface area contributed by atoms with Crippen LogP contribution in [0.15, 0.2) is 40.9 Å². The first-order valence-corrected chi connectivity index (χ1v) is 7.81. The number of fused-ring (bicyclic) bond motifs is 1.